The van der Waals surface area contributed by atoms with Crippen LogP contribution in [0.5, 0.6) is 0 Å². The molecule has 1 amide bonds. The van der Waals surface area contributed by atoms with Crippen molar-refractivity contribution in [3.63, 3.8) is 0 Å². The lowest BCUT2D eigenvalue weighted by Gasteiger charge is -2.37. The van der Waals surface area contributed by atoms with Crippen molar-refractivity contribution in [1.29, 1.82) is 0 Å². The minimum Gasteiger partial charge on any atom is -0.380 e. The SMILES string of the molecule is CC1(Cn2cc(C(=O)Nc3nc(-c4c(F)cccc4F)cs3)nn2)COC1. The summed E-state index contributed by atoms with van der Waals surface area (Å²) in [4.78, 5) is 16.4. The molecule has 1 saturated heterocycles. The van der Waals surface area contributed by atoms with Crippen LogP contribution in [0.15, 0.2) is 29.8 Å². The number of anilines is 1. The van der Waals surface area contributed by atoms with E-state index in [9.17, 15) is 13.6 Å². The molecule has 1 fully saturated rings. The molecule has 2 aromatic heterocycles. The fourth-order valence-electron chi connectivity index (χ4n) is 2.76. The van der Waals surface area contributed by atoms with Gasteiger partial charge < -0.3 is 4.74 Å². The van der Waals surface area contributed by atoms with E-state index in [-0.39, 0.29) is 27.5 Å². The average Bonchev–Trinajstić information content (AvgIpc) is 3.23. The number of nitrogens with zero attached hydrogens (tertiary/aromatic N) is 4. The predicted molar refractivity (Wildman–Crippen MR) is 94.4 cm³/mol. The molecule has 10 heteroatoms. The Morgan fingerprint density at radius 2 is 2.11 bits per heavy atom. The van der Waals surface area contributed by atoms with Gasteiger partial charge in [-0.2, -0.15) is 0 Å². The van der Waals surface area contributed by atoms with Crippen molar-refractivity contribution in [1.82, 2.24) is 20.0 Å². The molecule has 0 bridgehead atoms. The molecule has 4 rings (SSSR count). The van der Waals surface area contributed by atoms with Crippen molar-refractivity contribution in [2.45, 2.75) is 13.5 Å². The third-order valence-corrected chi connectivity index (χ3v) is 4.92. The highest BCUT2D eigenvalue weighted by Gasteiger charge is 2.34. The maximum atomic E-state index is 13.9. The first-order chi connectivity index (χ1) is 12.9. The Hall–Kier alpha value is -2.72. The van der Waals surface area contributed by atoms with E-state index in [4.69, 9.17) is 4.74 Å². The van der Waals surface area contributed by atoms with Crippen LogP contribution in [-0.4, -0.2) is 39.1 Å². The van der Waals surface area contributed by atoms with Crippen molar-refractivity contribution >= 4 is 22.4 Å². The van der Waals surface area contributed by atoms with E-state index in [1.54, 1.807) is 10.9 Å². The molecule has 0 radical (unpaired) electrons. The highest BCUT2D eigenvalue weighted by molar-refractivity contribution is 7.14. The van der Waals surface area contributed by atoms with Gasteiger partial charge in [-0.15, -0.1) is 16.4 Å². The molecule has 27 heavy (non-hydrogen) atoms. The van der Waals surface area contributed by atoms with Crippen LogP contribution in [0.3, 0.4) is 0 Å². The first-order valence-corrected chi connectivity index (χ1v) is 9.01. The fraction of sp³-hybridized carbons (Fsp3) is 0.294. The zero-order chi connectivity index (χ0) is 19.0. The van der Waals surface area contributed by atoms with Gasteiger partial charge in [-0.3, -0.25) is 14.8 Å². The van der Waals surface area contributed by atoms with Crippen LogP contribution in [0.2, 0.25) is 0 Å². The average molecular weight is 391 g/mol. The number of halogens is 2. The maximum absolute atomic E-state index is 13.9. The van der Waals surface area contributed by atoms with Crippen LogP contribution in [-0.2, 0) is 11.3 Å². The van der Waals surface area contributed by atoms with Gasteiger partial charge in [0, 0.05) is 10.8 Å². The molecule has 3 aromatic rings. The molecule has 1 aliphatic rings. The Kier molecular flexibility index (Phi) is 4.44. The van der Waals surface area contributed by atoms with Crippen LogP contribution in [0.25, 0.3) is 11.3 Å². The third-order valence-electron chi connectivity index (χ3n) is 4.16. The molecule has 0 unspecified atom stereocenters. The Bertz CT molecular complexity index is 979. The lowest BCUT2D eigenvalue weighted by atomic mass is 9.89. The van der Waals surface area contributed by atoms with Crippen molar-refractivity contribution in [2.24, 2.45) is 5.41 Å². The molecule has 1 N–H and O–H groups in total. The van der Waals surface area contributed by atoms with Gasteiger partial charge >= 0.3 is 0 Å². The standard InChI is InChI=1S/C17H15F2N5O2S/c1-17(8-26-9-17)7-24-5-12(22-23-24)15(25)21-16-20-13(6-27-16)14-10(18)3-2-4-11(14)19/h2-6H,7-9H2,1H3,(H,20,21,25). The minimum atomic E-state index is -0.713. The number of ether oxygens (including phenoxy) is 1. The third kappa shape index (κ3) is 3.58. The smallest absolute Gasteiger partial charge is 0.279 e. The summed E-state index contributed by atoms with van der Waals surface area (Å²) in [5, 5.41) is 12.1. The topological polar surface area (TPSA) is 81.9 Å². The minimum absolute atomic E-state index is 0.00448. The van der Waals surface area contributed by atoms with E-state index in [0.29, 0.717) is 19.8 Å². The second kappa shape index (κ2) is 6.78. The summed E-state index contributed by atoms with van der Waals surface area (Å²) in [6, 6.07) is 3.59. The number of hydrogen-bond donors (Lipinski definition) is 1. The van der Waals surface area contributed by atoms with E-state index >= 15 is 0 Å². The second-order valence-corrected chi connectivity index (χ2v) is 7.55. The lowest BCUT2D eigenvalue weighted by molar-refractivity contribution is -0.111. The number of benzene rings is 1. The first kappa shape index (κ1) is 17.7. The summed E-state index contributed by atoms with van der Waals surface area (Å²) in [6.45, 7) is 3.95. The molecule has 0 atom stereocenters. The number of carbonyl (C=O) groups excluding carboxylic acids is 1. The molecular formula is C17H15F2N5O2S. The quantitative estimate of drug-likeness (QED) is 0.723. The van der Waals surface area contributed by atoms with E-state index < -0.39 is 17.5 Å². The number of thiazole rings is 1. The second-order valence-electron chi connectivity index (χ2n) is 6.69. The van der Waals surface area contributed by atoms with Gasteiger partial charge in [0.2, 0.25) is 0 Å². The highest BCUT2D eigenvalue weighted by atomic mass is 32.1. The van der Waals surface area contributed by atoms with Crippen molar-refractivity contribution in [2.75, 3.05) is 18.5 Å². The summed E-state index contributed by atoms with van der Waals surface area (Å²) < 4.78 is 34.5. The summed E-state index contributed by atoms with van der Waals surface area (Å²) in [7, 11) is 0. The number of aromatic nitrogens is 4. The van der Waals surface area contributed by atoms with Crippen LogP contribution in [0.1, 0.15) is 17.4 Å². The van der Waals surface area contributed by atoms with Gasteiger partial charge in [0.25, 0.3) is 5.91 Å². The molecule has 0 spiro atoms. The predicted octanol–water partition coefficient (Wildman–Crippen LogP) is 2.97. The fourth-order valence-corrected chi connectivity index (χ4v) is 3.46. The summed E-state index contributed by atoms with van der Waals surface area (Å²) >= 11 is 1.07. The number of amides is 1. The van der Waals surface area contributed by atoms with Gasteiger partial charge in [-0.1, -0.05) is 18.2 Å². The molecule has 140 valence electrons. The zero-order valence-electron chi connectivity index (χ0n) is 14.3. The maximum Gasteiger partial charge on any atom is 0.279 e. The van der Waals surface area contributed by atoms with Gasteiger partial charge in [-0.25, -0.2) is 13.8 Å². The number of nitrogens with one attached hydrogen (secondary N) is 1. The molecule has 1 aromatic carbocycles. The van der Waals surface area contributed by atoms with E-state index in [2.05, 4.69) is 27.5 Å². The molecule has 3 heterocycles. The normalized spacial score (nSPS) is 15.4. The van der Waals surface area contributed by atoms with Crippen LogP contribution >= 0.6 is 11.3 Å². The number of rotatable bonds is 5. The van der Waals surface area contributed by atoms with Crippen molar-refractivity contribution < 1.29 is 18.3 Å². The number of hydrogen-bond acceptors (Lipinski definition) is 6. The Labute approximate surface area is 157 Å². The van der Waals surface area contributed by atoms with Crippen LogP contribution in [0.4, 0.5) is 13.9 Å². The van der Waals surface area contributed by atoms with Crippen LogP contribution in [0, 0.1) is 17.0 Å². The molecule has 1 aliphatic heterocycles. The van der Waals surface area contributed by atoms with Crippen LogP contribution < -0.4 is 5.32 Å². The zero-order valence-corrected chi connectivity index (χ0v) is 15.1. The largest absolute Gasteiger partial charge is 0.380 e. The lowest BCUT2D eigenvalue weighted by Crippen LogP contribution is -2.43. The summed E-state index contributed by atoms with van der Waals surface area (Å²) in [6.07, 6.45) is 1.55. The molecule has 0 saturated carbocycles. The van der Waals surface area contributed by atoms with Gasteiger partial charge in [0.15, 0.2) is 10.8 Å². The molecule has 0 aliphatic carbocycles. The Morgan fingerprint density at radius 1 is 1.37 bits per heavy atom. The van der Waals surface area contributed by atoms with E-state index in [1.165, 1.54) is 11.4 Å². The monoisotopic (exact) mass is 391 g/mol. The van der Waals surface area contributed by atoms with E-state index in [0.717, 1.165) is 23.5 Å². The Morgan fingerprint density at radius 3 is 2.78 bits per heavy atom. The van der Waals surface area contributed by atoms with Crippen molar-refractivity contribution in [3.8, 4) is 11.3 Å². The Balaban J connectivity index is 1.46. The summed E-state index contributed by atoms with van der Waals surface area (Å²) in [5.74, 6) is -1.92. The summed E-state index contributed by atoms with van der Waals surface area (Å²) in [5.41, 5.74) is 0.0199. The molecule has 7 nitrogen and oxygen atoms in total. The van der Waals surface area contributed by atoms with Gasteiger partial charge in [-0.05, 0) is 12.1 Å². The van der Waals surface area contributed by atoms with Gasteiger partial charge in [0.1, 0.15) is 11.6 Å². The molecular weight excluding hydrogens is 376 g/mol. The highest BCUT2D eigenvalue weighted by Crippen LogP contribution is 2.30. The first-order valence-electron chi connectivity index (χ1n) is 8.13. The van der Waals surface area contributed by atoms with Gasteiger partial charge in [0.05, 0.1) is 37.2 Å². The van der Waals surface area contributed by atoms with Crippen molar-refractivity contribution in [3.05, 3.63) is 47.1 Å². The number of carbonyl (C=O) groups is 1. The van der Waals surface area contributed by atoms with E-state index in [1.807, 2.05) is 0 Å².